The molecule has 1 aliphatic rings. The van der Waals surface area contributed by atoms with Crippen molar-refractivity contribution in [3.63, 3.8) is 0 Å². The summed E-state index contributed by atoms with van der Waals surface area (Å²) in [6, 6.07) is 0. The van der Waals surface area contributed by atoms with Crippen molar-refractivity contribution in [2.75, 3.05) is 37.8 Å². The van der Waals surface area contributed by atoms with Crippen LogP contribution in [0.5, 0.6) is 0 Å². The van der Waals surface area contributed by atoms with Crippen LogP contribution in [0.3, 0.4) is 0 Å². The van der Waals surface area contributed by atoms with E-state index in [0.717, 1.165) is 32.1 Å². The SMILES string of the molecule is CCCCOCCCNCC1CCSC1. The summed E-state index contributed by atoms with van der Waals surface area (Å²) >= 11 is 2.09. The molecule has 1 unspecified atom stereocenters. The number of ether oxygens (including phenoxy) is 1. The molecule has 1 rings (SSSR count). The second-order valence-corrected chi connectivity index (χ2v) is 5.40. The van der Waals surface area contributed by atoms with Crippen LogP contribution in [0.15, 0.2) is 0 Å². The molecule has 15 heavy (non-hydrogen) atoms. The van der Waals surface area contributed by atoms with E-state index < -0.39 is 0 Å². The molecule has 2 nitrogen and oxygen atoms in total. The summed E-state index contributed by atoms with van der Waals surface area (Å²) in [6.45, 7) is 6.39. The van der Waals surface area contributed by atoms with Gasteiger partial charge in [-0.25, -0.2) is 0 Å². The van der Waals surface area contributed by atoms with Crippen LogP contribution >= 0.6 is 11.8 Å². The first-order valence-electron chi connectivity index (χ1n) is 6.29. The van der Waals surface area contributed by atoms with Gasteiger partial charge >= 0.3 is 0 Å². The largest absolute Gasteiger partial charge is 0.381 e. The van der Waals surface area contributed by atoms with Gasteiger partial charge in [0.15, 0.2) is 0 Å². The Bertz CT molecular complexity index is 138. The molecule has 0 aromatic carbocycles. The molecule has 1 fully saturated rings. The van der Waals surface area contributed by atoms with Crippen LogP contribution in [0, 0.1) is 5.92 Å². The predicted octanol–water partition coefficient (Wildman–Crippen LogP) is 2.54. The van der Waals surface area contributed by atoms with E-state index in [1.807, 2.05) is 0 Å². The summed E-state index contributed by atoms with van der Waals surface area (Å²) in [7, 11) is 0. The number of thioether (sulfide) groups is 1. The first kappa shape index (κ1) is 13.3. The maximum absolute atomic E-state index is 5.50. The highest BCUT2D eigenvalue weighted by Crippen LogP contribution is 2.22. The first-order chi connectivity index (χ1) is 7.43. The summed E-state index contributed by atoms with van der Waals surface area (Å²) in [6.07, 6.45) is 5.00. The van der Waals surface area contributed by atoms with E-state index in [0.29, 0.717) is 0 Å². The topological polar surface area (TPSA) is 21.3 Å². The monoisotopic (exact) mass is 231 g/mol. The molecule has 0 aromatic rings. The van der Waals surface area contributed by atoms with Gasteiger partial charge in [-0.2, -0.15) is 11.8 Å². The first-order valence-corrected chi connectivity index (χ1v) is 7.45. The fourth-order valence-electron chi connectivity index (χ4n) is 1.70. The third-order valence-electron chi connectivity index (χ3n) is 2.74. The zero-order valence-corrected chi connectivity index (χ0v) is 10.8. The molecule has 0 amide bonds. The third kappa shape index (κ3) is 7.20. The second-order valence-electron chi connectivity index (χ2n) is 4.25. The average Bonchev–Trinajstić information content (AvgIpc) is 2.75. The number of unbranched alkanes of at least 4 members (excludes halogenated alkanes) is 1. The Morgan fingerprint density at radius 2 is 2.20 bits per heavy atom. The van der Waals surface area contributed by atoms with Crippen molar-refractivity contribution < 1.29 is 4.74 Å². The number of hydrogen-bond acceptors (Lipinski definition) is 3. The molecule has 0 spiro atoms. The Labute approximate surface area is 98.5 Å². The molecular weight excluding hydrogens is 206 g/mol. The summed E-state index contributed by atoms with van der Waals surface area (Å²) < 4.78 is 5.50. The molecule has 3 heteroatoms. The maximum Gasteiger partial charge on any atom is 0.0478 e. The standard InChI is InChI=1S/C12H25NOS/c1-2-3-7-14-8-4-6-13-10-12-5-9-15-11-12/h12-13H,2-11H2,1H3. The Kier molecular flexibility index (Phi) is 8.44. The Morgan fingerprint density at radius 3 is 2.93 bits per heavy atom. The van der Waals surface area contributed by atoms with Crippen molar-refractivity contribution in [1.29, 1.82) is 0 Å². The van der Waals surface area contributed by atoms with Crippen molar-refractivity contribution in [3.05, 3.63) is 0 Å². The molecule has 1 saturated heterocycles. The quantitative estimate of drug-likeness (QED) is 0.616. The molecular formula is C12H25NOS. The predicted molar refractivity (Wildman–Crippen MR) is 68.6 cm³/mol. The highest BCUT2D eigenvalue weighted by atomic mass is 32.2. The van der Waals surface area contributed by atoms with Crippen molar-refractivity contribution in [2.24, 2.45) is 5.92 Å². The van der Waals surface area contributed by atoms with E-state index in [2.05, 4.69) is 24.0 Å². The summed E-state index contributed by atoms with van der Waals surface area (Å²) in [4.78, 5) is 0. The zero-order chi connectivity index (χ0) is 10.8. The van der Waals surface area contributed by atoms with Gasteiger partial charge in [0.25, 0.3) is 0 Å². The van der Waals surface area contributed by atoms with Crippen LogP contribution in [0.4, 0.5) is 0 Å². The van der Waals surface area contributed by atoms with Crippen LogP contribution in [-0.2, 0) is 4.74 Å². The Hall–Kier alpha value is 0.270. The number of nitrogens with one attached hydrogen (secondary N) is 1. The fourth-order valence-corrected chi connectivity index (χ4v) is 2.98. The van der Waals surface area contributed by atoms with Crippen LogP contribution in [0.25, 0.3) is 0 Å². The molecule has 1 N–H and O–H groups in total. The molecule has 1 aliphatic heterocycles. The second kappa shape index (κ2) is 9.49. The van der Waals surface area contributed by atoms with Gasteiger partial charge < -0.3 is 10.1 Å². The lowest BCUT2D eigenvalue weighted by atomic mass is 10.1. The van der Waals surface area contributed by atoms with E-state index >= 15 is 0 Å². The van der Waals surface area contributed by atoms with E-state index in [9.17, 15) is 0 Å². The maximum atomic E-state index is 5.50. The van der Waals surface area contributed by atoms with Gasteiger partial charge in [0, 0.05) is 13.2 Å². The van der Waals surface area contributed by atoms with E-state index in [1.54, 1.807) is 0 Å². The van der Waals surface area contributed by atoms with Crippen LogP contribution in [0.2, 0.25) is 0 Å². The molecule has 1 atom stereocenters. The van der Waals surface area contributed by atoms with Crippen LogP contribution in [0.1, 0.15) is 32.6 Å². The lowest BCUT2D eigenvalue weighted by molar-refractivity contribution is 0.128. The minimum Gasteiger partial charge on any atom is -0.381 e. The van der Waals surface area contributed by atoms with Crippen molar-refractivity contribution in [2.45, 2.75) is 32.6 Å². The normalized spacial score (nSPS) is 21.0. The summed E-state index contributed by atoms with van der Waals surface area (Å²) in [5, 5.41) is 3.52. The highest BCUT2D eigenvalue weighted by molar-refractivity contribution is 7.99. The molecule has 0 aliphatic carbocycles. The average molecular weight is 231 g/mol. The molecule has 0 aromatic heterocycles. The van der Waals surface area contributed by atoms with Gasteiger partial charge in [-0.15, -0.1) is 0 Å². The summed E-state index contributed by atoms with van der Waals surface area (Å²) in [5.41, 5.74) is 0. The van der Waals surface area contributed by atoms with Gasteiger partial charge in [-0.1, -0.05) is 13.3 Å². The van der Waals surface area contributed by atoms with Gasteiger partial charge in [-0.05, 0) is 49.8 Å². The Balaban J connectivity index is 1.73. The van der Waals surface area contributed by atoms with Crippen LogP contribution in [-0.4, -0.2) is 37.8 Å². The molecule has 0 saturated carbocycles. The van der Waals surface area contributed by atoms with Crippen molar-refractivity contribution >= 4 is 11.8 Å². The fraction of sp³-hybridized carbons (Fsp3) is 1.00. The van der Waals surface area contributed by atoms with E-state index in [-0.39, 0.29) is 0 Å². The zero-order valence-electron chi connectivity index (χ0n) is 9.96. The summed E-state index contributed by atoms with van der Waals surface area (Å²) in [5.74, 6) is 3.66. The van der Waals surface area contributed by atoms with Crippen LogP contribution < -0.4 is 5.32 Å². The van der Waals surface area contributed by atoms with Gasteiger partial charge in [0.1, 0.15) is 0 Å². The molecule has 90 valence electrons. The minimum atomic E-state index is 0.923. The van der Waals surface area contributed by atoms with Gasteiger partial charge in [0.05, 0.1) is 0 Å². The van der Waals surface area contributed by atoms with Crippen molar-refractivity contribution in [1.82, 2.24) is 5.32 Å². The lowest BCUT2D eigenvalue weighted by Crippen LogP contribution is -2.24. The highest BCUT2D eigenvalue weighted by Gasteiger charge is 2.13. The number of rotatable bonds is 9. The van der Waals surface area contributed by atoms with E-state index in [1.165, 1.54) is 37.3 Å². The van der Waals surface area contributed by atoms with Gasteiger partial charge in [-0.3, -0.25) is 0 Å². The Morgan fingerprint density at radius 1 is 1.33 bits per heavy atom. The lowest BCUT2D eigenvalue weighted by Gasteiger charge is -2.09. The molecule has 1 heterocycles. The third-order valence-corrected chi connectivity index (χ3v) is 3.97. The minimum absolute atomic E-state index is 0.923. The van der Waals surface area contributed by atoms with E-state index in [4.69, 9.17) is 4.74 Å². The number of hydrogen-bond donors (Lipinski definition) is 1. The molecule has 0 bridgehead atoms. The smallest absolute Gasteiger partial charge is 0.0478 e. The molecule has 0 radical (unpaired) electrons. The van der Waals surface area contributed by atoms with Gasteiger partial charge in [0.2, 0.25) is 0 Å². The van der Waals surface area contributed by atoms with Crippen molar-refractivity contribution in [3.8, 4) is 0 Å².